The molecule has 3 rings (SSSR count). The molecule has 1 amide bonds. The number of rotatable bonds is 3. The van der Waals surface area contributed by atoms with Crippen molar-refractivity contribution in [1.29, 1.82) is 0 Å². The Morgan fingerprint density at radius 1 is 1.19 bits per heavy atom. The third-order valence-corrected chi connectivity index (χ3v) is 3.92. The van der Waals surface area contributed by atoms with Crippen molar-refractivity contribution in [2.75, 3.05) is 5.32 Å². The Balaban J connectivity index is 1.85. The normalized spacial score (nSPS) is 10.3. The van der Waals surface area contributed by atoms with Crippen molar-refractivity contribution in [2.24, 2.45) is 0 Å². The highest BCUT2D eigenvalue weighted by Gasteiger charge is 2.09. The van der Waals surface area contributed by atoms with Gasteiger partial charge >= 0.3 is 0 Å². The molecule has 2 heterocycles. The molecule has 1 aromatic carbocycles. The molecule has 3 nitrogen and oxygen atoms in total. The molecule has 4 heteroatoms. The van der Waals surface area contributed by atoms with Gasteiger partial charge in [-0.2, -0.15) is 11.3 Å². The average molecular weight is 294 g/mol. The maximum Gasteiger partial charge on any atom is 0.255 e. The van der Waals surface area contributed by atoms with E-state index < -0.39 is 0 Å². The molecule has 104 valence electrons. The lowest BCUT2D eigenvalue weighted by Crippen LogP contribution is -2.12. The Kier molecular flexibility index (Phi) is 3.79. The van der Waals surface area contributed by atoms with Gasteiger partial charge in [-0.25, -0.2) is 0 Å². The van der Waals surface area contributed by atoms with Gasteiger partial charge in [0.15, 0.2) is 0 Å². The highest BCUT2D eigenvalue weighted by Crippen LogP contribution is 2.21. The Bertz CT molecular complexity index is 766. The van der Waals surface area contributed by atoms with Crippen LogP contribution in [0.15, 0.2) is 59.4 Å². The molecule has 0 bridgehead atoms. The van der Waals surface area contributed by atoms with E-state index in [1.165, 1.54) is 0 Å². The van der Waals surface area contributed by atoms with Crippen molar-refractivity contribution in [1.82, 2.24) is 4.98 Å². The first-order valence-corrected chi connectivity index (χ1v) is 7.54. The number of anilines is 1. The summed E-state index contributed by atoms with van der Waals surface area (Å²) >= 11 is 1.61. The van der Waals surface area contributed by atoms with E-state index in [0.717, 1.165) is 22.5 Å². The molecule has 0 aliphatic rings. The molecule has 0 radical (unpaired) electrons. The van der Waals surface area contributed by atoms with Crippen LogP contribution in [0, 0.1) is 6.92 Å². The van der Waals surface area contributed by atoms with Crippen LogP contribution in [0.25, 0.3) is 11.3 Å². The molecule has 0 saturated heterocycles. The number of amides is 1. The van der Waals surface area contributed by atoms with Crippen molar-refractivity contribution in [3.05, 3.63) is 70.5 Å². The zero-order valence-corrected chi connectivity index (χ0v) is 12.4. The SMILES string of the molecule is Cc1ccccc1NC(=O)c1ccnc(-c2ccsc2)c1. The molecule has 0 spiro atoms. The topological polar surface area (TPSA) is 42.0 Å². The van der Waals surface area contributed by atoms with Gasteiger partial charge in [0.2, 0.25) is 0 Å². The van der Waals surface area contributed by atoms with E-state index in [1.807, 2.05) is 54.1 Å². The van der Waals surface area contributed by atoms with Gasteiger partial charge in [-0.15, -0.1) is 0 Å². The molecule has 1 N–H and O–H groups in total. The molecule has 0 fully saturated rings. The van der Waals surface area contributed by atoms with Gasteiger partial charge in [0, 0.05) is 28.4 Å². The number of nitrogens with one attached hydrogen (secondary N) is 1. The maximum atomic E-state index is 12.4. The summed E-state index contributed by atoms with van der Waals surface area (Å²) in [6, 6.07) is 13.3. The van der Waals surface area contributed by atoms with Crippen LogP contribution in [-0.4, -0.2) is 10.9 Å². The second kappa shape index (κ2) is 5.89. The molecule has 0 unspecified atom stereocenters. The summed E-state index contributed by atoms with van der Waals surface area (Å²) in [6.45, 7) is 1.97. The van der Waals surface area contributed by atoms with E-state index in [1.54, 1.807) is 23.6 Å². The predicted molar refractivity (Wildman–Crippen MR) is 86.7 cm³/mol. The molecule has 0 aliphatic heterocycles. The second-order valence-electron chi connectivity index (χ2n) is 4.71. The van der Waals surface area contributed by atoms with Crippen LogP contribution in [0.1, 0.15) is 15.9 Å². The van der Waals surface area contributed by atoms with Crippen LogP contribution in [0.2, 0.25) is 0 Å². The van der Waals surface area contributed by atoms with Crippen LogP contribution >= 0.6 is 11.3 Å². The molecule has 21 heavy (non-hydrogen) atoms. The number of carbonyl (C=O) groups excluding carboxylic acids is 1. The van der Waals surface area contributed by atoms with E-state index in [2.05, 4.69) is 10.3 Å². The summed E-state index contributed by atoms with van der Waals surface area (Å²) in [7, 11) is 0. The van der Waals surface area contributed by atoms with Crippen LogP contribution in [0.3, 0.4) is 0 Å². The largest absolute Gasteiger partial charge is 0.322 e. The minimum atomic E-state index is -0.122. The zero-order valence-electron chi connectivity index (χ0n) is 11.5. The number of aryl methyl sites for hydroxylation is 1. The van der Waals surface area contributed by atoms with Gasteiger partial charge < -0.3 is 5.32 Å². The molecular weight excluding hydrogens is 280 g/mol. The Morgan fingerprint density at radius 2 is 2.05 bits per heavy atom. The van der Waals surface area contributed by atoms with E-state index >= 15 is 0 Å². The van der Waals surface area contributed by atoms with Gasteiger partial charge in [0.05, 0.1) is 5.69 Å². The Morgan fingerprint density at radius 3 is 2.81 bits per heavy atom. The fraction of sp³-hybridized carbons (Fsp3) is 0.0588. The maximum absolute atomic E-state index is 12.4. The van der Waals surface area contributed by atoms with Gasteiger partial charge in [-0.1, -0.05) is 18.2 Å². The lowest BCUT2D eigenvalue weighted by atomic mass is 10.1. The van der Waals surface area contributed by atoms with Crippen molar-refractivity contribution in [3.63, 3.8) is 0 Å². The number of carbonyl (C=O) groups is 1. The minimum Gasteiger partial charge on any atom is -0.322 e. The number of hydrogen-bond acceptors (Lipinski definition) is 3. The fourth-order valence-corrected chi connectivity index (χ4v) is 2.70. The monoisotopic (exact) mass is 294 g/mol. The van der Waals surface area contributed by atoms with Crippen molar-refractivity contribution >= 4 is 22.9 Å². The molecule has 0 aliphatic carbocycles. The highest BCUT2D eigenvalue weighted by atomic mass is 32.1. The van der Waals surface area contributed by atoms with Gasteiger partial charge in [-0.3, -0.25) is 9.78 Å². The lowest BCUT2D eigenvalue weighted by molar-refractivity contribution is 0.102. The van der Waals surface area contributed by atoms with Gasteiger partial charge in [0.25, 0.3) is 5.91 Å². The lowest BCUT2D eigenvalue weighted by Gasteiger charge is -2.08. The Hall–Kier alpha value is -2.46. The zero-order chi connectivity index (χ0) is 14.7. The van der Waals surface area contributed by atoms with Crippen LogP contribution in [0.5, 0.6) is 0 Å². The molecule has 2 aromatic heterocycles. The first kappa shape index (κ1) is 13.5. The van der Waals surface area contributed by atoms with E-state index in [4.69, 9.17) is 0 Å². The summed E-state index contributed by atoms with van der Waals surface area (Å²) in [4.78, 5) is 16.7. The highest BCUT2D eigenvalue weighted by molar-refractivity contribution is 7.08. The number of aromatic nitrogens is 1. The molecule has 0 saturated carbocycles. The molecular formula is C17H14N2OS. The molecule has 3 aromatic rings. The third-order valence-electron chi connectivity index (χ3n) is 3.23. The minimum absolute atomic E-state index is 0.122. The predicted octanol–water partition coefficient (Wildman–Crippen LogP) is 4.37. The van der Waals surface area contributed by atoms with Crippen LogP contribution < -0.4 is 5.32 Å². The summed E-state index contributed by atoms with van der Waals surface area (Å²) in [5, 5.41) is 6.95. The van der Waals surface area contributed by atoms with Crippen molar-refractivity contribution in [3.8, 4) is 11.3 Å². The first-order valence-electron chi connectivity index (χ1n) is 6.59. The van der Waals surface area contributed by atoms with Crippen LogP contribution in [0.4, 0.5) is 5.69 Å². The summed E-state index contributed by atoms with van der Waals surface area (Å²) < 4.78 is 0. The third kappa shape index (κ3) is 3.01. The van der Waals surface area contributed by atoms with Gasteiger partial charge in [-0.05, 0) is 42.1 Å². The summed E-state index contributed by atoms with van der Waals surface area (Å²) in [6.07, 6.45) is 1.67. The number of thiophene rings is 1. The Labute approximate surface area is 127 Å². The average Bonchev–Trinajstić information content (AvgIpc) is 3.04. The molecule has 0 atom stereocenters. The van der Waals surface area contributed by atoms with Gasteiger partial charge in [0.1, 0.15) is 0 Å². The quantitative estimate of drug-likeness (QED) is 0.779. The first-order chi connectivity index (χ1) is 10.2. The summed E-state index contributed by atoms with van der Waals surface area (Å²) in [5.41, 5.74) is 4.32. The fourth-order valence-electron chi connectivity index (χ4n) is 2.05. The second-order valence-corrected chi connectivity index (χ2v) is 5.49. The number of benzene rings is 1. The van der Waals surface area contributed by atoms with Crippen molar-refractivity contribution in [2.45, 2.75) is 6.92 Å². The van der Waals surface area contributed by atoms with E-state index in [-0.39, 0.29) is 5.91 Å². The van der Waals surface area contributed by atoms with E-state index in [0.29, 0.717) is 5.56 Å². The summed E-state index contributed by atoms with van der Waals surface area (Å²) in [5.74, 6) is -0.122. The standard InChI is InChI=1S/C17H14N2OS/c1-12-4-2-3-5-15(12)19-17(20)13-6-8-18-16(10-13)14-7-9-21-11-14/h2-11H,1H3,(H,19,20). The van der Waals surface area contributed by atoms with E-state index in [9.17, 15) is 4.79 Å². The number of para-hydroxylation sites is 1. The smallest absolute Gasteiger partial charge is 0.255 e. The van der Waals surface area contributed by atoms with Crippen molar-refractivity contribution < 1.29 is 4.79 Å². The number of hydrogen-bond donors (Lipinski definition) is 1. The van der Waals surface area contributed by atoms with Crippen LogP contribution in [-0.2, 0) is 0 Å². The number of nitrogens with zero attached hydrogens (tertiary/aromatic N) is 1. The number of pyridine rings is 1.